The summed E-state index contributed by atoms with van der Waals surface area (Å²) in [6, 6.07) is 10.0. The number of thiophene rings is 1. The minimum Gasteiger partial charge on any atom is -0.486 e. The second kappa shape index (κ2) is 9.70. The largest absolute Gasteiger partial charge is 0.486 e. The van der Waals surface area contributed by atoms with Crippen LogP contribution in [0.25, 0.3) is 0 Å². The molecule has 0 aliphatic carbocycles. The van der Waals surface area contributed by atoms with Gasteiger partial charge in [0, 0.05) is 49.7 Å². The predicted molar refractivity (Wildman–Crippen MR) is 121 cm³/mol. The molecule has 2 aromatic rings. The van der Waals surface area contributed by atoms with Gasteiger partial charge in [-0.3, -0.25) is 14.5 Å². The van der Waals surface area contributed by atoms with E-state index >= 15 is 0 Å². The fourth-order valence-corrected chi connectivity index (χ4v) is 4.77. The minimum absolute atomic E-state index is 0.0588. The molecule has 2 aliphatic heterocycles. The molecule has 2 aliphatic rings. The molecule has 0 saturated carbocycles. The highest BCUT2D eigenvalue weighted by atomic mass is 32.1. The molecule has 1 aromatic carbocycles. The van der Waals surface area contributed by atoms with Crippen molar-refractivity contribution in [1.29, 1.82) is 0 Å². The Morgan fingerprint density at radius 3 is 2.55 bits per heavy atom. The van der Waals surface area contributed by atoms with Crippen LogP contribution >= 0.6 is 11.3 Å². The van der Waals surface area contributed by atoms with E-state index in [1.807, 2.05) is 52.6 Å². The van der Waals surface area contributed by atoms with E-state index in [1.54, 1.807) is 18.3 Å². The van der Waals surface area contributed by atoms with Crippen molar-refractivity contribution in [3.05, 3.63) is 40.6 Å². The van der Waals surface area contributed by atoms with E-state index in [2.05, 4.69) is 4.90 Å². The number of hydrogen-bond acceptors (Lipinski definition) is 6. The summed E-state index contributed by atoms with van der Waals surface area (Å²) < 4.78 is 11.4. The molecule has 0 spiro atoms. The molecular weight excluding hydrogens is 414 g/mol. The van der Waals surface area contributed by atoms with E-state index < -0.39 is 0 Å². The van der Waals surface area contributed by atoms with Gasteiger partial charge in [0.05, 0.1) is 13.1 Å². The standard InChI is InChI=1S/C23H29N3O4S/c1-17(27)24(2)18-7-9-25(10-8-18)16-23(28)26(15-20-4-3-13-31-20)19-5-6-21-22(14-19)30-12-11-29-21/h3-6,13-14,18H,7-12,15-16H2,1-2H3. The third-order valence-electron chi connectivity index (χ3n) is 5.99. The van der Waals surface area contributed by atoms with Crippen LogP contribution < -0.4 is 14.4 Å². The van der Waals surface area contributed by atoms with E-state index in [4.69, 9.17) is 9.47 Å². The smallest absolute Gasteiger partial charge is 0.241 e. The number of fused-ring (bicyclic) bond motifs is 1. The first kappa shape index (κ1) is 21.6. The summed E-state index contributed by atoms with van der Waals surface area (Å²) in [4.78, 5) is 32.0. The van der Waals surface area contributed by atoms with Crippen molar-refractivity contribution >= 4 is 28.8 Å². The van der Waals surface area contributed by atoms with Crippen molar-refractivity contribution in [2.24, 2.45) is 0 Å². The number of hydrogen-bond donors (Lipinski definition) is 0. The normalized spacial score (nSPS) is 16.7. The van der Waals surface area contributed by atoms with Gasteiger partial charge in [-0.05, 0) is 36.4 Å². The first-order chi connectivity index (χ1) is 15.0. The van der Waals surface area contributed by atoms with Gasteiger partial charge in [0.25, 0.3) is 0 Å². The van der Waals surface area contributed by atoms with Gasteiger partial charge in [0.1, 0.15) is 13.2 Å². The molecule has 3 heterocycles. The van der Waals surface area contributed by atoms with Gasteiger partial charge < -0.3 is 19.3 Å². The zero-order chi connectivity index (χ0) is 21.8. The van der Waals surface area contributed by atoms with E-state index in [0.29, 0.717) is 32.1 Å². The number of ether oxygens (including phenoxy) is 2. The summed E-state index contributed by atoms with van der Waals surface area (Å²) in [6.45, 7) is 5.16. The van der Waals surface area contributed by atoms with Gasteiger partial charge in [-0.15, -0.1) is 11.3 Å². The van der Waals surface area contributed by atoms with Crippen LogP contribution in [0.3, 0.4) is 0 Å². The van der Waals surface area contributed by atoms with Crippen LogP contribution in [0.15, 0.2) is 35.7 Å². The molecule has 0 unspecified atom stereocenters. The fraction of sp³-hybridized carbons (Fsp3) is 0.478. The molecular formula is C23H29N3O4S. The summed E-state index contributed by atoms with van der Waals surface area (Å²) in [5, 5.41) is 2.03. The zero-order valence-corrected chi connectivity index (χ0v) is 18.9. The molecule has 0 bridgehead atoms. The molecule has 0 atom stereocenters. The highest BCUT2D eigenvalue weighted by Gasteiger charge is 2.27. The average Bonchev–Trinajstić information content (AvgIpc) is 3.30. The Morgan fingerprint density at radius 1 is 1.13 bits per heavy atom. The van der Waals surface area contributed by atoms with Crippen molar-refractivity contribution in [2.45, 2.75) is 32.4 Å². The number of rotatable bonds is 6. The quantitative estimate of drug-likeness (QED) is 0.687. The number of nitrogens with zero attached hydrogens (tertiary/aromatic N) is 3. The SMILES string of the molecule is CC(=O)N(C)C1CCN(CC(=O)N(Cc2cccs2)c2ccc3c(c2)OCCO3)CC1. The Bertz CT molecular complexity index is 910. The Morgan fingerprint density at radius 2 is 1.87 bits per heavy atom. The number of anilines is 1. The summed E-state index contributed by atoms with van der Waals surface area (Å²) in [7, 11) is 1.86. The lowest BCUT2D eigenvalue weighted by Gasteiger charge is -2.36. The molecule has 166 valence electrons. The Labute approximate surface area is 187 Å². The van der Waals surface area contributed by atoms with E-state index in [-0.39, 0.29) is 17.9 Å². The summed E-state index contributed by atoms with van der Waals surface area (Å²) >= 11 is 1.64. The maximum atomic E-state index is 13.4. The maximum absolute atomic E-state index is 13.4. The highest BCUT2D eigenvalue weighted by Crippen LogP contribution is 2.35. The van der Waals surface area contributed by atoms with Crippen molar-refractivity contribution in [3.8, 4) is 11.5 Å². The Kier molecular flexibility index (Phi) is 6.77. The van der Waals surface area contributed by atoms with Crippen molar-refractivity contribution < 1.29 is 19.1 Å². The molecule has 0 N–H and O–H groups in total. The van der Waals surface area contributed by atoms with Crippen LogP contribution in [0, 0.1) is 0 Å². The van der Waals surface area contributed by atoms with E-state index in [0.717, 1.165) is 42.2 Å². The number of carbonyl (C=O) groups is 2. The van der Waals surface area contributed by atoms with Gasteiger partial charge in [-0.1, -0.05) is 6.07 Å². The predicted octanol–water partition coefficient (Wildman–Crippen LogP) is 3.00. The summed E-state index contributed by atoms with van der Waals surface area (Å²) in [5.74, 6) is 1.55. The lowest BCUT2D eigenvalue weighted by Crippen LogP contribution is -2.48. The fourth-order valence-electron chi connectivity index (χ4n) is 4.08. The first-order valence-electron chi connectivity index (χ1n) is 10.7. The van der Waals surface area contributed by atoms with Crippen LogP contribution in [-0.4, -0.2) is 67.6 Å². The van der Waals surface area contributed by atoms with Gasteiger partial charge in [-0.25, -0.2) is 0 Å². The number of piperidine rings is 1. The second-order valence-corrected chi connectivity index (χ2v) is 9.06. The minimum atomic E-state index is 0.0588. The highest BCUT2D eigenvalue weighted by molar-refractivity contribution is 7.09. The Hall–Kier alpha value is -2.58. The van der Waals surface area contributed by atoms with Crippen LogP contribution in [0.1, 0.15) is 24.6 Å². The average molecular weight is 444 g/mol. The van der Waals surface area contributed by atoms with Crippen molar-refractivity contribution in [1.82, 2.24) is 9.80 Å². The van der Waals surface area contributed by atoms with Gasteiger partial charge >= 0.3 is 0 Å². The maximum Gasteiger partial charge on any atom is 0.241 e. The van der Waals surface area contributed by atoms with Crippen molar-refractivity contribution in [2.75, 3.05) is 44.8 Å². The van der Waals surface area contributed by atoms with Crippen LogP contribution in [-0.2, 0) is 16.1 Å². The Balaban J connectivity index is 1.46. The lowest BCUT2D eigenvalue weighted by molar-refractivity contribution is -0.131. The summed E-state index contributed by atoms with van der Waals surface area (Å²) in [5.41, 5.74) is 0.814. The molecule has 0 radical (unpaired) electrons. The topological polar surface area (TPSA) is 62.3 Å². The summed E-state index contributed by atoms with van der Waals surface area (Å²) in [6.07, 6.45) is 1.77. The number of benzene rings is 1. The molecule has 31 heavy (non-hydrogen) atoms. The molecule has 2 amide bonds. The van der Waals surface area contributed by atoms with Gasteiger partial charge in [0.2, 0.25) is 11.8 Å². The van der Waals surface area contributed by atoms with E-state index in [9.17, 15) is 9.59 Å². The second-order valence-electron chi connectivity index (χ2n) is 8.02. The van der Waals surface area contributed by atoms with Gasteiger partial charge in [-0.2, -0.15) is 0 Å². The van der Waals surface area contributed by atoms with Crippen LogP contribution in [0.2, 0.25) is 0 Å². The van der Waals surface area contributed by atoms with Crippen molar-refractivity contribution in [3.63, 3.8) is 0 Å². The molecule has 8 heteroatoms. The number of carbonyl (C=O) groups excluding carboxylic acids is 2. The lowest BCUT2D eigenvalue weighted by atomic mass is 10.0. The number of likely N-dealkylation sites (tertiary alicyclic amines) is 1. The van der Waals surface area contributed by atoms with Crippen LogP contribution in [0.4, 0.5) is 5.69 Å². The third-order valence-corrected chi connectivity index (χ3v) is 6.85. The first-order valence-corrected chi connectivity index (χ1v) is 11.6. The monoisotopic (exact) mass is 443 g/mol. The molecule has 4 rings (SSSR count). The molecule has 7 nitrogen and oxygen atoms in total. The molecule has 1 saturated heterocycles. The van der Waals surface area contributed by atoms with E-state index in [1.165, 1.54) is 0 Å². The molecule has 1 aromatic heterocycles. The van der Waals surface area contributed by atoms with Crippen LogP contribution in [0.5, 0.6) is 11.5 Å². The molecule has 1 fully saturated rings. The zero-order valence-electron chi connectivity index (χ0n) is 18.1. The van der Waals surface area contributed by atoms with Gasteiger partial charge in [0.15, 0.2) is 11.5 Å². The third kappa shape index (κ3) is 5.19. The number of amides is 2.